The molecule has 0 unspecified atom stereocenters. The number of benzene rings is 1. The second kappa shape index (κ2) is 4.20. The van der Waals surface area contributed by atoms with Crippen molar-refractivity contribution in [2.24, 2.45) is 0 Å². The van der Waals surface area contributed by atoms with Gasteiger partial charge < -0.3 is 0 Å². The number of hydrogen-bond acceptors (Lipinski definition) is 2. The highest BCUT2D eigenvalue weighted by Crippen LogP contribution is 2.25. The van der Waals surface area contributed by atoms with Crippen molar-refractivity contribution in [3.8, 4) is 0 Å². The maximum atomic E-state index is 12.3. The van der Waals surface area contributed by atoms with E-state index >= 15 is 0 Å². The van der Waals surface area contributed by atoms with Gasteiger partial charge in [0.15, 0.2) is 0 Å². The van der Waals surface area contributed by atoms with Crippen LogP contribution in [0.1, 0.15) is 11.1 Å². The molecule has 0 atom stereocenters. The van der Waals surface area contributed by atoms with Crippen LogP contribution in [0.2, 0.25) is 5.02 Å². The fraction of sp³-hybridized carbons (Fsp3) is 0.167. The highest BCUT2D eigenvalue weighted by Gasteiger charge is 2.19. The Morgan fingerprint density at radius 3 is 2.53 bits per heavy atom. The standard InChI is InChI=1S/C12H11ClNO2S/c1-9-8-12(10(2)7-11(9)13)17(15,16)14-5-3-4-6-14/h3-5,7-8H,1-2H3. The van der Waals surface area contributed by atoms with Crippen LogP contribution in [-0.2, 0) is 10.0 Å². The summed E-state index contributed by atoms with van der Waals surface area (Å²) in [6.45, 7) is 3.50. The number of nitrogens with zero attached hydrogens (tertiary/aromatic N) is 1. The molecule has 0 saturated carbocycles. The van der Waals surface area contributed by atoms with E-state index in [-0.39, 0.29) is 4.90 Å². The monoisotopic (exact) mass is 268 g/mol. The normalized spacial score (nSPS) is 11.7. The first-order chi connectivity index (χ1) is 7.93. The minimum absolute atomic E-state index is 0.256. The summed E-state index contributed by atoms with van der Waals surface area (Å²) in [6.07, 6.45) is 4.09. The Kier molecular flexibility index (Phi) is 3.02. The largest absolute Gasteiger partial charge is 0.268 e. The SMILES string of the molecule is Cc1cc(S(=O)(=O)n2[c]ccc2)c(C)cc1Cl. The molecule has 0 spiro atoms. The first kappa shape index (κ1) is 12.2. The maximum Gasteiger partial charge on any atom is 0.268 e. The lowest BCUT2D eigenvalue weighted by Gasteiger charge is -2.10. The summed E-state index contributed by atoms with van der Waals surface area (Å²) in [5.41, 5.74) is 1.37. The van der Waals surface area contributed by atoms with Gasteiger partial charge in [-0.1, -0.05) is 11.6 Å². The number of aryl methyl sites for hydroxylation is 2. The molecule has 0 saturated heterocycles. The van der Waals surface area contributed by atoms with E-state index in [2.05, 4.69) is 6.20 Å². The molecule has 3 nitrogen and oxygen atoms in total. The molecular formula is C12H11ClNO2S. The molecule has 2 aromatic rings. The lowest BCUT2D eigenvalue weighted by atomic mass is 10.2. The molecule has 5 heteroatoms. The molecule has 1 radical (unpaired) electrons. The van der Waals surface area contributed by atoms with E-state index in [1.54, 1.807) is 38.1 Å². The third-order valence-corrected chi connectivity index (χ3v) is 4.66. The molecule has 0 aliphatic carbocycles. The molecule has 0 aliphatic rings. The van der Waals surface area contributed by atoms with Gasteiger partial charge in [0, 0.05) is 11.2 Å². The van der Waals surface area contributed by atoms with Crippen LogP contribution in [-0.4, -0.2) is 12.4 Å². The van der Waals surface area contributed by atoms with Crippen LogP contribution in [0.4, 0.5) is 0 Å². The number of aromatic nitrogens is 1. The van der Waals surface area contributed by atoms with E-state index in [0.717, 1.165) is 9.54 Å². The minimum atomic E-state index is -3.56. The minimum Gasteiger partial charge on any atom is -0.240 e. The first-order valence-corrected chi connectivity index (χ1v) is 6.82. The first-order valence-electron chi connectivity index (χ1n) is 5.00. The van der Waals surface area contributed by atoms with Gasteiger partial charge in [-0.05, 0) is 49.2 Å². The zero-order valence-corrected chi connectivity index (χ0v) is 11.0. The topological polar surface area (TPSA) is 39.1 Å². The van der Waals surface area contributed by atoms with E-state index in [1.807, 2.05) is 0 Å². The van der Waals surface area contributed by atoms with Gasteiger partial charge in [-0.3, -0.25) is 0 Å². The van der Waals surface area contributed by atoms with Crippen molar-refractivity contribution < 1.29 is 8.42 Å². The van der Waals surface area contributed by atoms with Crippen LogP contribution in [0.3, 0.4) is 0 Å². The predicted octanol–water partition coefficient (Wildman–Crippen LogP) is 2.80. The second-order valence-corrected chi connectivity index (χ2v) is 6.00. The lowest BCUT2D eigenvalue weighted by molar-refractivity contribution is 0.586. The lowest BCUT2D eigenvalue weighted by Crippen LogP contribution is -2.12. The highest BCUT2D eigenvalue weighted by molar-refractivity contribution is 7.90. The molecule has 0 amide bonds. The van der Waals surface area contributed by atoms with Crippen LogP contribution < -0.4 is 0 Å². The Balaban J connectivity index is 2.67. The Labute approximate surface area is 106 Å². The molecular weight excluding hydrogens is 258 g/mol. The van der Waals surface area contributed by atoms with Crippen molar-refractivity contribution in [3.05, 3.63) is 52.8 Å². The van der Waals surface area contributed by atoms with Gasteiger partial charge in [0.05, 0.1) is 11.1 Å². The van der Waals surface area contributed by atoms with Crippen LogP contribution in [0.25, 0.3) is 0 Å². The van der Waals surface area contributed by atoms with Crippen LogP contribution in [0.5, 0.6) is 0 Å². The van der Waals surface area contributed by atoms with E-state index < -0.39 is 10.0 Å². The Morgan fingerprint density at radius 1 is 1.24 bits per heavy atom. The van der Waals surface area contributed by atoms with Crippen molar-refractivity contribution in [2.75, 3.05) is 0 Å². The van der Waals surface area contributed by atoms with Crippen LogP contribution >= 0.6 is 11.6 Å². The van der Waals surface area contributed by atoms with Crippen molar-refractivity contribution in [1.29, 1.82) is 0 Å². The summed E-state index contributed by atoms with van der Waals surface area (Å²) in [6, 6.07) is 6.42. The molecule has 1 aromatic heterocycles. The number of rotatable bonds is 2. The maximum absolute atomic E-state index is 12.3. The Morgan fingerprint density at radius 2 is 1.94 bits per heavy atom. The molecule has 0 N–H and O–H groups in total. The summed E-state index contributed by atoms with van der Waals surface area (Å²) in [5, 5.41) is 0.568. The summed E-state index contributed by atoms with van der Waals surface area (Å²) in [5.74, 6) is 0. The van der Waals surface area contributed by atoms with E-state index in [4.69, 9.17) is 11.6 Å². The van der Waals surface area contributed by atoms with E-state index in [0.29, 0.717) is 10.6 Å². The van der Waals surface area contributed by atoms with Gasteiger partial charge in [-0.25, -0.2) is 12.4 Å². The molecule has 1 aromatic carbocycles. The van der Waals surface area contributed by atoms with Crippen LogP contribution in [0, 0.1) is 20.0 Å². The van der Waals surface area contributed by atoms with E-state index in [1.165, 1.54) is 6.20 Å². The van der Waals surface area contributed by atoms with Gasteiger partial charge in [0.2, 0.25) is 0 Å². The fourth-order valence-corrected chi connectivity index (χ4v) is 3.22. The third kappa shape index (κ3) is 2.10. The average Bonchev–Trinajstić information content (AvgIpc) is 2.77. The van der Waals surface area contributed by atoms with Crippen molar-refractivity contribution in [3.63, 3.8) is 0 Å². The summed E-state index contributed by atoms with van der Waals surface area (Å²) in [7, 11) is -3.56. The van der Waals surface area contributed by atoms with Crippen LogP contribution in [0.15, 0.2) is 35.4 Å². The molecule has 0 bridgehead atoms. The molecule has 1 heterocycles. The quantitative estimate of drug-likeness (QED) is 0.840. The smallest absolute Gasteiger partial charge is 0.240 e. The van der Waals surface area contributed by atoms with Crippen molar-refractivity contribution in [1.82, 2.24) is 3.97 Å². The summed E-state index contributed by atoms with van der Waals surface area (Å²) >= 11 is 5.95. The van der Waals surface area contributed by atoms with Gasteiger partial charge >= 0.3 is 0 Å². The zero-order valence-electron chi connectivity index (χ0n) is 9.44. The van der Waals surface area contributed by atoms with Crippen molar-refractivity contribution >= 4 is 21.6 Å². The predicted molar refractivity (Wildman–Crippen MR) is 66.8 cm³/mol. The average molecular weight is 269 g/mol. The van der Waals surface area contributed by atoms with Gasteiger partial charge in [0.1, 0.15) is 0 Å². The Bertz CT molecular complexity index is 645. The van der Waals surface area contributed by atoms with E-state index in [9.17, 15) is 8.42 Å². The van der Waals surface area contributed by atoms with Crippen molar-refractivity contribution in [2.45, 2.75) is 18.7 Å². The molecule has 2 rings (SSSR count). The summed E-state index contributed by atoms with van der Waals surface area (Å²) in [4.78, 5) is 0.256. The molecule has 0 aliphatic heterocycles. The second-order valence-electron chi connectivity index (χ2n) is 3.81. The summed E-state index contributed by atoms with van der Waals surface area (Å²) < 4.78 is 25.6. The highest BCUT2D eigenvalue weighted by atomic mass is 35.5. The molecule has 89 valence electrons. The number of hydrogen-bond donors (Lipinski definition) is 0. The van der Waals surface area contributed by atoms with Gasteiger partial charge in [0.25, 0.3) is 10.0 Å². The van der Waals surface area contributed by atoms with Gasteiger partial charge in [-0.2, -0.15) is 0 Å². The molecule has 17 heavy (non-hydrogen) atoms. The molecule has 0 fully saturated rings. The Hall–Kier alpha value is -1.26. The number of halogens is 1. The fourth-order valence-electron chi connectivity index (χ4n) is 1.57. The van der Waals surface area contributed by atoms with Gasteiger partial charge in [-0.15, -0.1) is 0 Å². The third-order valence-electron chi connectivity index (χ3n) is 2.51. The zero-order chi connectivity index (χ0) is 12.6.